The van der Waals surface area contributed by atoms with E-state index < -0.39 is 0 Å². The first kappa shape index (κ1) is 20.7. The lowest BCUT2D eigenvalue weighted by Gasteiger charge is -2.09. The molecule has 0 aliphatic rings. The Morgan fingerprint density at radius 3 is 2.50 bits per heavy atom. The Labute approximate surface area is 187 Å². The van der Waals surface area contributed by atoms with Crippen LogP contribution in [0, 0.1) is 23.6 Å². The Morgan fingerprint density at radius 2 is 1.80 bits per heavy atom. The normalized spacial score (nSPS) is 11.0. The van der Waals surface area contributed by atoms with E-state index in [1.165, 1.54) is 35.2 Å². The topological polar surface area (TPSA) is 39.8 Å². The molecule has 0 radical (unpaired) electrons. The summed E-state index contributed by atoms with van der Waals surface area (Å²) in [4.78, 5) is 12.9. The Balaban J connectivity index is 1.52. The van der Waals surface area contributed by atoms with Gasteiger partial charge in [0, 0.05) is 22.6 Å². The van der Waals surface area contributed by atoms with Gasteiger partial charge < -0.3 is 4.57 Å². The highest BCUT2D eigenvalue weighted by Gasteiger charge is 2.18. The number of aromatic nitrogens is 3. The smallest absolute Gasteiger partial charge is 0.184 e. The molecular formula is C22H18FN3OS3. The van der Waals surface area contributed by atoms with Crippen molar-refractivity contribution in [2.45, 2.75) is 18.2 Å². The first-order valence-corrected chi connectivity index (χ1v) is 11.4. The van der Waals surface area contributed by atoms with Crippen LogP contribution in [0.3, 0.4) is 0 Å². The van der Waals surface area contributed by atoms with Gasteiger partial charge in [0.1, 0.15) is 5.82 Å². The van der Waals surface area contributed by atoms with Crippen molar-refractivity contribution >= 4 is 41.1 Å². The number of carbonyl (C=O) groups excluding carboxylic acids is 1. The highest BCUT2D eigenvalue weighted by Crippen LogP contribution is 2.27. The third-order valence-corrected chi connectivity index (χ3v) is 7.04. The van der Waals surface area contributed by atoms with Crippen molar-refractivity contribution < 1.29 is 9.18 Å². The number of halogens is 1. The van der Waals surface area contributed by atoms with Gasteiger partial charge in [0.05, 0.1) is 11.4 Å². The lowest BCUT2D eigenvalue weighted by atomic mass is 10.2. The Hall–Kier alpha value is -2.55. The van der Waals surface area contributed by atoms with E-state index in [9.17, 15) is 9.18 Å². The number of hydrogen-bond acceptors (Lipinski definition) is 5. The average molecular weight is 456 g/mol. The minimum Gasteiger partial charge on any atom is -0.318 e. The van der Waals surface area contributed by atoms with Crippen LogP contribution in [-0.2, 0) is 0 Å². The van der Waals surface area contributed by atoms with Crippen LogP contribution in [0.5, 0.6) is 0 Å². The standard InChI is InChI=1S/C22H18FN3OS3/c1-14-12-19(15(2)25(14)17-6-4-3-5-7-17)20(27)13-29-21-24-26(22(28)30-21)18-10-8-16(23)9-11-18/h3-12H,13H2,1-2H3. The first-order chi connectivity index (χ1) is 14.4. The lowest BCUT2D eigenvalue weighted by Crippen LogP contribution is -2.05. The fourth-order valence-electron chi connectivity index (χ4n) is 3.29. The van der Waals surface area contributed by atoms with Gasteiger partial charge >= 0.3 is 0 Å². The van der Waals surface area contributed by atoms with E-state index in [4.69, 9.17) is 12.2 Å². The van der Waals surface area contributed by atoms with Gasteiger partial charge in [-0.3, -0.25) is 4.79 Å². The fourth-order valence-corrected chi connectivity index (χ4v) is 5.53. The molecule has 0 amide bonds. The van der Waals surface area contributed by atoms with E-state index in [1.54, 1.807) is 16.8 Å². The zero-order chi connectivity index (χ0) is 21.3. The number of hydrogen-bond donors (Lipinski definition) is 0. The molecule has 152 valence electrons. The van der Waals surface area contributed by atoms with Crippen LogP contribution in [0.25, 0.3) is 11.4 Å². The number of aryl methyl sites for hydroxylation is 1. The highest BCUT2D eigenvalue weighted by atomic mass is 32.2. The van der Waals surface area contributed by atoms with Gasteiger partial charge in [-0.25, -0.2) is 9.07 Å². The molecule has 2 heterocycles. The van der Waals surface area contributed by atoms with Crippen molar-refractivity contribution in [3.63, 3.8) is 0 Å². The maximum Gasteiger partial charge on any atom is 0.184 e. The molecule has 4 rings (SSSR count). The van der Waals surface area contributed by atoms with Crippen LogP contribution in [-0.4, -0.2) is 25.9 Å². The zero-order valence-corrected chi connectivity index (χ0v) is 18.8. The monoisotopic (exact) mass is 455 g/mol. The predicted octanol–water partition coefficient (Wildman–Crippen LogP) is 6.18. The van der Waals surface area contributed by atoms with Crippen LogP contribution < -0.4 is 0 Å². The van der Waals surface area contributed by atoms with E-state index in [0.717, 1.165) is 17.1 Å². The minimum atomic E-state index is -0.311. The van der Waals surface area contributed by atoms with Crippen LogP contribution in [0.1, 0.15) is 21.7 Å². The van der Waals surface area contributed by atoms with Gasteiger partial charge in [-0.05, 0) is 68.5 Å². The third kappa shape index (κ3) is 4.16. The van der Waals surface area contributed by atoms with E-state index in [2.05, 4.69) is 9.67 Å². The summed E-state index contributed by atoms with van der Waals surface area (Å²) >= 11 is 8.08. The molecule has 4 nitrogen and oxygen atoms in total. The Morgan fingerprint density at radius 1 is 1.10 bits per heavy atom. The van der Waals surface area contributed by atoms with Crippen LogP contribution in [0.15, 0.2) is 65.0 Å². The Bertz CT molecular complexity index is 1260. The van der Waals surface area contributed by atoms with Gasteiger partial charge in [0.15, 0.2) is 14.1 Å². The summed E-state index contributed by atoms with van der Waals surface area (Å²) in [6.45, 7) is 3.96. The lowest BCUT2D eigenvalue weighted by molar-refractivity contribution is 0.102. The molecular weight excluding hydrogens is 437 g/mol. The van der Waals surface area contributed by atoms with Crippen LogP contribution in [0.2, 0.25) is 0 Å². The molecule has 0 aliphatic heterocycles. The number of thioether (sulfide) groups is 1. The third-order valence-electron chi connectivity index (χ3n) is 4.67. The molecule has 2 aromatic carbocycles. The van der Waals surface area contributed by atoms with E-state index in [-0.39, 0.29) is 17.4 Å². The summed E-state index contributed by atoms with van der Waals surface area (Å²) < 4.78 is 18.1. The summed E-state index contributed by atoms with van der Waals surface area (Å²) in [6.07, 6.45) is 0. The molecule has 0 N–H and O–H groups in total. The van der Waals surface area contributed by atoms with Gasteiger partial charge in [-0.15, -0.1) is 5.10 Å². The summed E-state index contributed by atoms with van der Waals surface area (Å²) in [5.74, 6) is 0.00339. The zero-order valence-electron chi connectivity index (χ0n) is 16.3. The summed E-state index contributed by atoms with van der Waals surface area (Å²) in [6, 6.07) is 17.9. The van der Waals surface area contributed by atoms with Crippen LogP contribution in [0.4, 0.5) is 4.39 Å². The molecule has 0 unspecified atom stereocenters. The van der Waals surface area contributed by atoms with Crippen LogP contribution >= 0.6 is 35.3 Å². The molecule has 4 aromatic rings. The predicted molar refractivity (Wildman–Crippen MR) is 123 cm³/mol. The molecule has 0 spiro atoms. The number of carbonyl (C=O) groups is 1. The SMILES string of the molecule is Cc1cc(C(=O)CSc2nn(-c3ccc(F)cc3)c(=S)s2)c(C)n1-c1ccccc1. The van der Waals surface area contributed by atoms with Gasteiger partial charge in [-0.2, -0.15) is 0 Å². The summed E-state index contributed by atoms with van der Waals surface area (Å²) in [7, 11) is 0. The molecule has 0 fully saturated rings. The first-order valence-electron chi connectivity index (χ1n) is 9.20. The number of Topliss-reactive ketones (excluding diaryl/α,β-unsaturated/α-hetero) is 1. The number of benzene rings is 2. The van der Waals surface area contributed by atoms with Gasteiger partial charge in [0.25, 0.3) is 0 Å². The van der Waals surface area contributed by atoms with E-state index >= 15 is 0 Å². The van der Waals surface area contributed by atoms with Crippen molar-refractivity contribution in [1.82, 2.24) is 14.3 Å². The van der Waals surface area contributed by atoms with E-state index in [0.29, 0.717) is 19.5 Å². The summed E-state index contributed by atoms with van der Waals surface area (Å²) in [5.41, 5.74) is 4.39. The second kappa shape index (κ2) is 8.67. The number of nitrogens with zero attached hydrogens (tertiary/aromatic N) is 3. The molecule has 30 heavy (non-hydrogen) atoms. The van der Waals surface area contributed by atoms with Crippen molar-refractivity contribution in [3.05, 3.63) is 87.4 Å². The van der Waals surface area contributed by atoms with Crippen molar-refractivity contribution in [2.75, 3.05) is 5.75 Å². The molecule has 0 bridgehead atoms. The molecule has 8 heteroatoms. The number of para-hydroxylation sites is 1. The van der Waals surface area contributed by atoms with Crippen molar-refractivity contribution in [3.8, 4) is 11.4 Å². The van der Waals surface area contributed by atoms with Gasteiger partial charge in [0.2, 0.25) is 0 Å². The molecule has 2 aromatic heterocycles. The molecule has 0 saturated heterocycles. The average Bonchev–Trinajstić information content (AvgIpc) is 3.26. The molecule has 0 saturated carbocycles. The molecule has 0 aliphatic carbocycles. The van der Waals surface area contributed by atoms with Crippen molar-refractivity contribution in [1.29, 1.82) is 0 Å². The summed E-state index contributed by atoms with van der Waals surface area (Å²) in [5, 5.41) is 4.48. The number of rotatable bonds is 6. The Kier molecular flexibility index (Phi) is 5.99. The second-order valence-corrected chi connectivity index (χ2v) is 9.53. The van der Waals surface area contributed by atoms with E-state index in [1.807, 2.05) is 50.2 Å². The molecule has 0 atom stereocenters. The maximum atomic E-state index is 13.2. The fraction of sp³-hybridized carbons (Fsp3) is 0.136. The number of ketones is 1. The van der Waals surface area contributed by atoms with Crippen molar-refractivity contribution in [2.24, 2.45) is 0 Å². The second-order valence-electron chi connectivity index (χ2n) is 6.69. The quantitative estimate of drug-likeness (QED) is 0.198. The highest BCUT2D eigenvalue weighted by molar-refractivity contribution is 8.01. The maximum absolute atomic E-state index is 13.2. The largest absolute Gasteiger partial charge is 0.318 e. The minimum absolute atomic E-state index is 0.0460. The van der Waals surface area contributed by atoms with Gasteiger partial charge in [-0.1, -0.05) is 41.3 Å².